The molecule has 166 valence electrons. The zero-order valence-electron chi connectivity index (χ0n) is 17.6. The number of aromatic nitrogens is 2. The van der Waals surface area contributed by atoms with Crippen LogP contribution in [-0.2, 0) is 9.59 Å². The van der Waals surface area contributed by atoms with Crippen LogP contribution in [0.2, 0.25) is 0 Å². The summed E-state index contributed by atoms with van der Waals surface area (Å²) in [5.74, 6) is -1.50. The van der Waals surface area contributed by atoms with Gasteiger partial charge in [0.2, 0.25) is 0 Å². The molecule has 1 aromatic heterocycles. The molecule has 9 heteroatoms. The van der Waals surface area contributed by atoms with Crippen LogP contribution in [0.3, 0.4) is 0 Å². The number of nitrogens with zero attached hydrogens (tertiary/aromatic N) is 4. The molecule has 3 atom stereocenters. The van der Waals surface area contributed by atoms with Crippen molar-refractivity contribution in [3.8, 4) is 5.69 Å². The van der Waals surface area contributed by atoms with E-state index >= 15 is 0 Å². The van der Waals surface area contributed by atoms with Gasteiger partial charge >= 0.3 is 0 Å². The highest BCUT2D eigenvalue weighted by molar-refractivity contribution is 5.91. The molecule has 0 saturated heterocycles. The van der Waals surface area contributed by atoms with E-state index in [0.29, 0.717) is 19.6 Å². The third-order valence-electron chi connectivity index (χ3n) is 5.62. The summed E-state index contributed by atoms with van der Waals surface area (Å²) in [4.78, 5) is 30.8. The zero-order chi connectivity index (χ0) is 22.7. The number of hydrogen-bond acceptors (Lipinski definition) is 6. The molecule has 0 spiro atoms. The molecule has 0 bridgehead atoms. The summed E-state index contributed by atoms with van der Waals surface area (Å²) in [6.07, 6.45) is 5.19. The number of allylic oxidation sites excluding steroid dienone is 1. The summed E-state index contributed by atoms with van der Waals surface area (Å²) in [5.41, 5.74) is 3.63. The van der Waals surface area contributed by atoms with Gasteiger partial charge in [-0.15, -0.1) is 0 Å². The van der Waals surface area contributed by atoms with Crippen LogP contribution < -0.4 is 5.32 Å². The van der Waals surface area contributed by atoms with E-state index in [2.05, 4.69) is 15.4 Å². The van der Waals surface area contributed by atoms with Crippen LogP contribution >= 0.6 is 0 Å². The van der Waals surface area contributed by atoms with Crippen LogP contribution in [0, 0.1) is 0 Å². The van der Waals surface area contributed by atoms with E-state index in [1.54, 1.807) is 30.1 Å². The average molecular weight is 435 g/mol. The smallest absolute Gasteiger partial charge is 0.255 e. The number of rotatable bonds is 6. The molecule has 3 heterocycles. The Morgan fingerprint density at radius 3 is 2.62 bits per heavy atom. The van der Waals surface area contributed by atoms with Crippen molar-refractivity contribution in [2.24, 2.45) is 4.99 Å². The normalized spacial score (nSPS) is 18.2. The molecule has 0 radical (unpaired) electrons. The first-order valence-electron chi connectivity index (χ1n) is 10.4. The maximum atomic E-state index is 12.7. The SMILES string of the molecule is C[C@@H](NC(=O)[C@H](O)[C@@H](O)C(=O)N1CC2=C(CN=CC=C2)C1)c1ccc(-n2cccn2)cc1. The van der Waals surface area contributed by atoms with Crippen LogP contribution in [0.1, 0.15) is 18.5 Å². The Hall–Kier alpha value is -3.56. The van der Waals surface area contributed by atoms with Crippen molar-refractivity contribution in [3.05, 3.63) is 71.6 Å². The summed E-state index contributed by atoms with van der Waals surface area (Å²) in [5, 5.41) is 27.5. The molecule has 1 aromatic carbocycles. The predicted molar refractivity (Wildman–Crippen MR) is 118 cm³/mol. The van der Waals surface area contributed by atoms with E-state index in [-0.39, 0.29) is 0 Å². The largest absolute Gasteiger partial charge is 0.380 e. The Balaban J connectivity index is 1.33. The third-order valence-corrected chi connectivity index (χ3v) is 5.62. The lowest BCUT2D eigenvalue weighted by atomic mass is 10.1. The van der Waals surface area contributed by atoms with Crippen LogP contribution in [0.15, 0.2) is 71.0 Å². The molecule has 2 aliphatic heterocycles. The Morgan fingerprint density at radius 1 is 1.12 bits per heavy atom. The maximum absolute atomic E-state index is 12.7. The number of amides is 2. The highest BCUT2D eigenvalue weighted by Crippen LogP contribution is 2.22. The van der Waals surface area contributed by atoms with Crippen molar-refractivity contribution in [2.75, 3.05) is 19.6 Å². The summed E-state index contributed by atoms with van der Waals surface area (Å²) < 4.78 is 1.72. The molecular weight excluding hydrogens is 410 g/mol. The van der Waals surface area contributed by atoms with Crippen LogP contribution in [0.5, 0.6) is 0 Å². The van der Waals surface area contributed by atoms with Crippen molar-refractivity contribution in [1.29, 1.82) is 0 Å². The van der Waals surface area contributed by atoms with Gasteiger partial charge in [-0.3, -0.25) is 14.6 Å². The molecule has 4 rings (SSSR count). The number of benzene rings is 1. The number of hydrogen-bond donors (Lipinski definition) is 3. The average Bonchev–Trinajstić information content (AvgIpc) is 3.44. The van der Waals surface area contributed by atoms with E-state index in [1.165, 1.54) is 4.90 Å². The van der Waals surface area contributed by atoms with Gasteiger partial charge in [-0.1, -0.05) is 18.2 Å². The monoisotopic (exact) mass is 435 g/mol. The van der Waals surface area contributed by atoms with E-state index in [4.69, 9.17) is 0 Å². The van der Waals surface area contributed by atoms with E-state index in [0.717, 1.165) is 22.4 Å². The lowest BCUT2D eigenvalue weighted by Crippen LogP contribution is -2.50. The lowest BCUT2D eigenvalue weighted by molar-refractivity contribution is -0.152. The predicted octanol–water partition coefficient (Wildman–Crippen LogP) is 0.551. The Morgan fingerprint density at radius 2 is 1.91 bits per heavy atom. The third kappa shape index (κ3) is 4.53. The molecule has 9 nitrogen and oxygen atoms in total. The number of carbonyl (C=O) groups excluding carboxylic acids is 2. The highest BCUT2D eigenvalue weighted by Gasteiger charge is 2.36. The number of carbonyl (C=O) groups is 2. The summed E-state index contributed by atoms with van der Waals surface area (Å²) in [6.45, 7) is 2.89. The second-order valence-corrected chi connectivity index (χ2v) is 7.83. The number of nitrogens with one attached hydrogen (secondary N) is 1. The number of aliphatic imine (C=N–C) groups is 1. The van der Waals surface area contributed by atoms with Gasteiger partial charge in [0.1, 0.15) is 0 Å². The number of aliphatic hydroxyl groups excluding tert-OH is 2. The second kappa shape index (κ2) is 9.29. The van der Waals surface area contributed by atoms with Gasteiger partial charge in [-0.25, -0.2) is 4.68 Å². The Kier molecular flexibility index (Phi) is 6.29. The first-order valence-corrected chi connectivity index (χ1v) is 10.4. The standard InChI is InChI=1S/C23H25N5O4/c1-15(16-5-7-19(8-6-16)28-11-3-10-25-28)26-22(31)20(29)21(30)23(32)27-13-17-4-2-9-24-12-18(17)14-27/h2-11,15,20-21,29-30H,12-14H2,1H3,(H,26,31)/t15-,20-,21-/m1/s1. The molecule has 3 N–H and O–H groups in total. The zero-order valence-corrected chi connectivity index (χ0v) is 17.6. The number of aliphatic hydroxyl groups is 2. The van der Waals surface area contributed by atoms with Crippen molar-refractivity contribution in [2.45, 2.75) is 25.2 Å². The van der Waals surface area contributed by atoms with Gasteiger partial charge in [-0.05, 0) is 47.9 Å². The van der Waals surface area contributed by atoms with E-state index in [9.17, 15) is 19.8 Å². The Bertz CT molecular complexity index is 1070. The molecule has 0 saturated carbocycles. The lowest BCUT2D eigenvalue weighted by Gasteiger charge is -2.24. The fraction of sp³-hybridized carbons (Fsp3) is 0.304. The minimum absolute atomic E-state index is 0.318. The quantitative estimate of drug-likeness (QED) is 0.612. The van der Waals surface area contributed by atoms with E-state index in [1.807, 2.05) is 42.6 Å². The summed E-state index contributed by atoms with van der Waals surface area (Å²) >= 11 is 0. The Labute approximate surface area is 185 Å². The van der Waals surface area contributed by atoms with Crippen molar-refractivity contribution < 1.29 is 19.8 Å². The second-order valence-electron chi connectivity index (χ2n) is 7.83. The fourth-order valence-electron chi connectivity index (χ4n) is 3.75. The van der Waals surface area contributed by atoms with Crippen LogP contribution in [0.4, 0.5) is 0 Å². The molecule has 2 aromatic rings. The van der Waals surface area contributed by atoms with Gasteiger partial charge in [-0.2, -0.15) is 5.10 Å². The van der Waals surface area contributed by atoms with Crippen molar-refractivity contribution in [1.82, 2.24) is 20.0 Å². The van der Waals surface area contributed by atoms with E-state index < -0.39 is 30.1 Å². The minimum atomic E-state index is -1.87. The molecule has 0 unspecified atom stereocenters. The van der Waals surface area contributed by atoms with Gasteiger partial charge in [0.25, 0.3) is 11.8 Å². The topological polar surface area (TPSA) is 120 Å². The van der Waals surface area contributed by atoms with Crippen molar-refractivity contribution >= 4 is 18.0 Å². The van der Waals surface area contributed by atoms with Gasteiger partial charge in [0.05, 0.1) is 18.3 Å². The highest BCUT2D eigenvalue weighted by atomic mass is 16.3. The molecule has 0 aliphatic carbocycles. The maximum Gasteiger partial charge on any atom is 0.255 e. The molecule has 2 aliphatic rings. The van der Waals surface area contributed by atoms with Crippen LogP contribution in [0.25, 0.3) is 5.69 Å². The van der Waals surface area contributed by atoms with Gasteiger partial charge < -0.3 is 20.4 Å². The fourth-order valence-corrected chi connectivity index (χ4v) is 3.75. The molecule has 0 fully saturated rings. The van der Waals surface area contributed by atoms with Gasteiger partial charge in [0, 0.05) is 31.7 Å². The molecule has 32 heavy (non-hydrogen) atoms. The first-order chi connectivity index (χ1) is 15.4. The van der Waals surface area contributed by atoms with Crippen molar-refractivity contribution in [3.63, 3.8) is 0 Å². The molecule has 2 amide bonds. The first kappa shape index (κ1) is 21.7. The summed E-state index contributed by atoms with van der Waals surface area (Å²) in [7, 11) is 0. The summed E-state index contributed by atoms with van der Waals surface area (Å²) in [6, 6.07) is 8.80. The van der Waals surface area contributed by atoms with Crippen LogP contribution in [-0.4, -0.2) is 74.8 Å². The minimum Gasteiger partial charge on any atom is -0.380 e. The van der Waals surface area contributed by atoms with Gasteiger partial charge in [0.15, 0.2) is 12.2 Å². The molecular formula is C23H25N5O4.